The van der Waals surface area contributed by atoms with Crippen LogP contribution in [0.5, 0.6) is 0 Å². The van der Waals surface area contributed by atoms with Crippen LogP contribution in [0.15, 0.2) is 65.6 Å². The minimum atomic E-state index is -3.58. The highest BCUT2D eigenvalue weighted by molar-refractivity contribution is 7.89. The Balaban J connectivity index is 0.000000202. The molecule has 2 aromatic carbocycles. The van der Waals surface area contributed by atoms with E-state index in [4.69, 9.17) is 10.9 Å². The highest BCUT2D eigenvalue weighted by atomic mass is 32.2. The van der Waals surface area contributed by atoms with Crippen LogP contribution in [0.25, 0.3) is 0 Å². The Bertz CT molecular complexity index is 510. The second-order valence-electron chi connectivity index (χ2n) is 3.27. The molecule has 0 bridgehead atoms. The number of nitrogen functional groups attached to an aromatic ring is 1. The van der Waals surface area contributed by atoms with Crippen LogP contribution >= 0.6 is 0 Å². The van der Waals surface area contributed by atoms with Gasteiger partial charge in [-0.3, -0.25) is 0 Å². The zero-order valence-electron chi connectivity index (χ0n) is 9.15. The summed E-state index contributed by atoms with van der Waals surface area (Å²) in [6.45, 7) is 0. The number of primary sulfonamides is 1. The fourth-order valence-electron chi connectivity index (χ4n) is 1.04. The first kappa shape index (κ1) is 13.2. The molecule has 0 atom stereocenters. The van der Waals surface area contributed by atoms with Crippen molar-refractivity contribution >= 4 is 15.7 Å². The number of hydrogen-bond donors (Lipinski definition) is 2. The maximum Gasteiger partial charge on any atom is 0.238 e. The minimum absolute atomic E-state index is 0.0756. The summed E-state index contributed by atoms with van der Waals surface area (Å²) in [5.41, 5.74) is 5.85. The van der Waals surface area contributed by atoms with Gasteiger partial charge in [0.25, 0.3) is 0 Å². The first-order valence-electron chi connectivity index (χ1n) is 4.88. The summed E-state index contributed by atoms with van der Waals surface area (Å²) in [6, 6.07) is 17.7. The second kappa shape index (κ2) is 6.03. The van der Waals surface area contributed by atoms with E-state index in [2.05, 4.69) is 0 Å². The van der Waals surface area contributed by atoms with Crippen LogP contribution in [0.2, 0.25) is 0 Å². The normalized spacial score (nSPS) is 10.2. The number of benzene rings is 2. The van der Waals surface area contributed by atoms with Crippen LogP contribution in [0.1, 0.15) is 0 Å². The quantitative estimate of drug-likeness (QED) is 0.754. The molecule has 0 aliphatic carbocycles. The van der Waals surface area contributed by atoms with E-state index in [9.17, 15) is 8.42 Å². The van der Waals surface area contributed by atoms with Gasteiger partial charge in [-0.15, -0.1) is 0 Å². The molecule has 0 aliphatic rings. The van der Waals surface area contributed by atoms with Crippen molar-refractivity contribution in [2.45, 2.75) is 4.90 Å². The third-order valence-corrected chi connectivity index (χ3v) is 2.80. The van der Waals surface area contributed by atoms with E-state index in [0.717, 1.165) is 0 Å². The van der Waals surface area contributed by atoms with Gasteiger partial charge in [-0.25, -0.2) is 13.6 Å². The van der Waals surface area contributed by atoms with Gasteiger partial charge in [0.15, 0.2) is 0 Å². The van der Waals surface area contributed by atoms with Gasteiger partial charge in [-0.05, 0) is 24.3 Å². The van der Waals surface area contributed by atoms with Gasteiger partial charge in [0.1, 0.15) is 0 Å². The summed E-state index contributed by atoms with van der Waals surface area (Å²) in [5, 5.41) is 4.84. The van der Waals surface area contributed by atoms with E-state index < -0.39 is 10.0 Å². The van der Waals surface area contributed by atoms with Crippen molar-refractivity contribution in [1.82, 2.24) is 0 Å². The van der Waals surface area contributed by atoms with Crippen LogP contribution in [-0.2, 0) is 10.0 Å². The van der Waals surface area contributed by atoms with Gasteiger partial charge in [0.05, 0.1) is 4.90 Å². The van der Waals surface area contributed by atoms with Crippen molar-refractivity contribution in [3.63, 3.8) is 0 Å². The summed E-state index contributed by atoms with van der Waals surface area (Å²) < 4.78 is 21.4. The highest BCUT2D eigenvalue weighted by Crippen LogP contribution is 2.08. The minimum Gasteiger partial charge on any atom is -0.399 e. The topological polar surface area (TPSA) is 86.2 Å². The van der Waals surface area contributed by atoms with Crippen LogP contribution < -0.4 is 10.9 Å². The molecule has 4 nitrogen and oxygen atoms in total. The predicted octanol–water partition coefficient (Wildman–Crippen LogP) is 1.60. The van der Waals surface area contributed by atoms with Crippen molar-refractivity contribution in [2.75, 3.05) is 5.73 Å². The van der Waals surface area contributed by atoms with Gasteiger partial charge in [-0.1, -0.05) is 36.4 Å². The van der Waals surface area contributed by atoms with E-state index in [1.54, 1.807) is 0 Å². The molecule has 4 N–H and O–H groups in total. The Morgan fingerprint density at radius 2 is 1.12 bits per heavy atom. The molecular formula is C12H14N2O2S. The maximum absolute atomic E-state index is 10.7. The molecule has 0 aliphatic heterocycles. The standard InChI is InChI=1S/C6H8N2O2S.C6H6/c7-5-1-3-6(4-2-5)11(8,9)10;1-2-4-6-5-3-1/h1-4H,7H2,(H2,8,9,10);1-6H. The van der Waals surface area contributed by atoms with Gasteiger partial charge in [0.2, 0.25) is 10.0 Å². The number of sulfonamides is 1. The molecule has 2 aromatic rings. The summed E-state index contributed by atoms with van der Waals surface area (Å²) in [5.74, 6) is 0. The lowest BCUT2D eigenvalue weighted by Crippen LogP contribution is -2.11. The van der Waals surface area contributed by atoms with Crippen LogP contribution in [0.4, 0.5) is 5.69 Å². The zero-order valence-corrected chi connectivity index (χ0v) is 9.97. The van der Waals surface area contributed by atoms with Crippen molar-refractivity contribution in [3.8, 4) is 0 Å². The fraction of sp³-hybridized carbons (Fsp3) is 0. The molecule has 0 fully saturated rings. The lowest BCUT2D eigenvalue weighted by molar-refractivity contribution is 0.598. The summed E-state index contributed by atoms with van der Waals surface area (Å²) in [4.78, 5) is 0.0756. The third-order valence-electron chi connectivity index (χ3n) is 1.88. The summed E-state index contributed by atoms with van der Waals surface area (Å²) in [6.07, 6.45) is 0. The fourth-order valence-corrected chi connectivity index (χ4v) is 1.56. The van der Waals surface area contributed by atoms with Crippen LogP contribution in [0.3, 0.4) is 0 Å². The average Bonchev–Trinajstić information content (AvgIpc) is 2.31. The molecule has 0 radical (unpaired) electrons. The smallest absolute Gasteiger partial charge is 0.238 e. The molecular weight excluding hydrogens is 236 g/mol. The van der Waals surface area contributed by atoms with Crippen molar-refractivity contribution in [3.05, 3.63) is 60.7 Å². The van der Waals surface area contributed by atoms with E-state index in [1.165, 1.54) is 24.3 Å². The van der Waals surface area contributed by atoms with Crippen molar-refractivity contribution in [2.24, 2.45) is 5.14 Å². The Kier molecular flexibility index (Phi) is 4.68. The molecule has 0 saturated heterocycles. The summed E-state index contributed by atoms with van der Waals surface area (Å²) >= 11 is 0. The number of hydrogen-bond acceptors (Lipinski definition) is 3. The number of anilines is 1. The molecule has 0 aromatic heterocycles. The lowest BCUT2D eigenvalue weighted by atomic mass is 10.3. The highest BCUT2D eigenvalue weighted by Gasteiger charge is 2.04. The Morgan fingerprint density at radius 1 is 0.765 bits per heavy atom. The Hall–Kier alpha value is -1.85. The zero-order chi connectivity index (χ0) is 12.7. The predicted molar refractivity (Wildman–Crippen MR) is 68.7 cm³/mol. The number of nitrogens with two attached hydrogens (primary N) is 2. The third kappa shape index (κ3) is 5.14. The SMILES string of the molecule is Nc1ccc(S(N)(=O)=O)cc1.c1ccccc1. The lowest BCUT2D eigenvalue weighted by Gasteiger charge is -1.96. The molecule has 0 amide bonds. The Morgan fingerprint density at radius 3 is 1.41 bits per heavy atom. The van der Waals surface area contributed by atoms with E-state index in [1.807, 2.05) is 36.4 Å². The van der Waals surface area contributed by atoms with Gasteiger partial charge in [0, 0.05) is 5.69 Å². The van der Waals surface area contributed by atoms with Crippen LogP contribution in [0, 0.1) is 0 Å². The number of rotatable bonds is 1. The van der Waals surface area contributed by atoms with Gasteiger partial charge < -0.3 is 5.73 Å². The molecule has 0 spiro atoms. The van der Waals surface area contributed by atoms with E-state index >= 15 is 0 Å². The average molecular weight is 250 g/mol. The van der Waals surface area contributed by atoms with Crippen molar-refractivity contribution in [1.29, 1.82) is 0 Å². The Labute approximate surface area is 101 Å². The molecule has 0 unspecified atom stereocenters. The first-order valence-corrected chi connectivity index (χ1v) is 6.43. The summed E-state index contributed by atoms with van der Waals surface area (Å²) in [7, 11) is -3.58. The molecule has 0 heterocycles. The van der Waals surface area contributed by atoms with Crippen molar-refractivity contribution < 1.29 is 8.42 Å². The maximum atomic E-state index is 10.7. The van der Waals surface area contributed by atoms with Gasteiger partial charge in [-0.2, -0.15) is 0 Å². The van der Waals surface area contributed by atoms with Crippen LogP contribution in [-0.4, -0.2) is 8.42 Å². The molecule has 0 saturated carbocycles. The van der Waals surface area contributed by atoms with E-state index in [-0.39, 0.29) is 4.90 Å². The molecule has 90 valence electrons. The largest absolute Gasteiger partial charge is 0.399 e. The molecule has 2 rings (SSSR count). The molecule has 17 heavy (non-hydrogen) atoms. The second-order valence-corrected chi connectivity index (χ2v) is 4.83. The van der Waals surface area contributed by atoms with E-state index in [0.29, 0.717) is 5.69 Å². The van der Waals surface area contributed by atoms with Gasteiger partial charge >= 0.3 is 0 Å². The monoisotopic (exact) mass is 250 g/mol. The molecule has 5 heteroatoms. The first-order chi connectivity index (χ1) is 8.00.